The maximum absolute atomic E-state index is 4.27. The van der Waals surface area contributed by atoms with E-state index in [1.807, 2.05) is 7.05 Å². The lowest BCUT2D eigenvalue weighted by atomic mass is 10.1. The van der Waals surface area contributed by atoms with E-state index >= 15 is 0 Å². The molecule has 0 fully saturated rings. The third-order valence-electron chi connectivity index (χ3n) is 3.99. The van der Waals surface area contributed by atoms with Crippen molar-refractivity contribution >= 4 is 40.8 Å². The molecular weight excluding hydrogens is 399 g/mol. The summed E-state index contributed by atoms with van der Waals surface area (Å²) in [6.45, 7) is 6.23. The van der Waals surface area contributed by atoms with Crippen LogP contribution in [0.4, 0.5) is 0 Å². The molecule has 23 heavy (non-hydrogen) atoms. The molecule has 1 aromatic carbocycles. The Bertz CT molecular complexity index is 619. The molecule has 1 aromatic heterocycles. The first-order valence-corrected chi connectivity index (χ1v) is 8.26. The van der Waals surface area contributed by atoms with Gasteiger partial charge in [0.15, 0.2) is 5.96 Å². The summed E-state index contributed by atoms with van der Waals surface area (Å²) in [5, 5.41) is 8.08. The molecule has 0 aliphatic rings. The Hall–Kier alpha value is -1.24. The van der Waals surface area contributed by atoms with Crippen molar-refractivity contribution in [3.63, 3.8) is 0 Å². The molecule has 0 saturated heterocycles. The average molecular weight is 428 g/mol. The number of guanidine groups is 1. The van der Waals surface area contributed by atoms with E-state index in [1.165, 1.54) is 41.3 Å². The molecule has 0 aliphatic heterocycles. The Labute approximate surface area is 156 Å². The third kappa shape index (κ3) is 5.71. The summed E-state index contributed by atoms with van der Waals surface area (Å²) >= 11 is 0. The monoisotopic (exact) mass is 428 g/mol. The average Bonchev–Trinajstić information content (AvgIpc) is 2.94. The predicted octanol–water partition coefficient (Wildman–Crippen LogP) is 3.99. The fraction of sp³-hybridized carbons (Fsp3) is 0.500. The Morgan fingerprint density at radius 2 is 1.96 bits per heavy atom. The molecule has 2 rings (SSSR count). The van der Waals surface area contributed by atoms with Gasteiger partial charge in [-0.05, 0) is 30.9 Å². The van der Waals surface area contributed by atoms with E-state index in [2.05, 4.69) is 58.9 Å². The number of nitrogens with zero attached hydrogens (tertiary/aromatic N) is 1. The van der Waals surface area contributed by atoms with Gasteiger partial charge in [0.2, 0.25) is 0 Å². The number of aromatic amines is 1. The number of H-pyrrole nitrogens is 1. The van der Waals surface area contributed by atoms with E-state index in [-0.39, 0.29) is 24.0 Å². The molecule has 0 bridgehead atoms. The van der Waals surface area contributed by atoms with Gasteiger partial charge >= 0.3 is 0 Å². The maximum atomic E-state index is 4.27. The number of benzene rings is 1. The Morgan fingerprint density at radius 1 is 1.17 bits per heavy atom. The highest BCUT2D eigenvalue weighted by Gasteiger charge is 2.05. The van der Waals surface area contributed by atoms with Crippen LogP contribution in [0.1, 0.15) is 37.3 Å². The van der Waals surface area contributed by atoms with Crippen molar-refractivity contribution in [1.29, 1.82) is 0 Å². The maximum Gasteiger partial charge on any atom is 0.190 e. The van der Waals surface area contributed by atoms with Gasteiger partial charge in [-0.2, -0.15) is 0 Å². The van der Waals surface area contributed by atoms with Crippen LogP contribution in [0.5, 0.6) is 0 Å². The van der Waals surface area contributed by atoms with E-state index in [1.54, 1.807) is 0 Å². The normalized spacial score (nSPS) is 11.3. The number of unbranched alkanes of at least 4 members (excludes halogenated alkanes) is 2. The zero-order valence-corrected chi connectivity index (χ0v) is 16.7. The largest absolute Gasteiger partial charge is 0.361 e. The SMILES string of the molecule is CCCCCNC(=NC)NCCc1c[nH]c2c(C)cccc12.I. The van der Waals surface area contributed by atoms with Crippen LogP contribution in [0.15, 0.2) is 29.4 Å². The van der Waals surface area contributed by atoms with Gasteiger partial charge in [0.1, 0.15) is 0 Å². The minimum atomic E-state index is 0. The van der Waals surface area contributed by atoms with Crippen LogP contribution in [0.2, 0.25) is 0 Å². The van der Waals surface area contributed by atoms with Crippen LogP contribution in [0, 0.1) is 6.92 Å². The first-order chi connectivity index (χ1) is 10.8. The van der Waals surface area contributed by atoms with Gasteiger partial charge < -0.3 is 15.6 Å². The number of hydrogen-bond acceptors (Lipinski definition) is 1. The highest BCUT2D eigenvalue weighted by molar-refractivity contribution is 14.0. The number of fused-ring (bicyclic) bond motifs is 1. The van der Waals surface area contributed by atoms with Crippen LogP contribution in [-0.4, -0.2) is 31.1 Å². The quantitative estimate of drug-likeness (QED) is 0.270. The zero-order chi connectivity index (χ0) is 15.8. The molecule has 0 spiro atoms. The van der Waals surface area contributed by atoms with Gasteiger partial charge in [-0.25, -0.2) is 0 Å². The minimum Gasteiger partial charge on any atom is -0.361 e. The van der Waals surface area contributed by atoms with Crippen molar-refractivity contribution in [1.82, 2.24) is 15.6 Å². The predicted molar refractivity (Wildman–Crippen MR) is 111 cm³/mol. The van der Waals surface area contributed by atoms with Crippen molar-refractivity contribution in [2.45, 2.75) is 39.5 Å². The molecule has 0 aliphatic carbocycles. The first kappa shape index (κ1) is 19.8. The van der Waals surface area contributed by atoms with Gasteiger partial charge in [-0.15, -0.1) is 24.0 Å². The lowest BCUT2D eigenvalue weighted by Crippen LogP contribution is -2.38. The summed E-state index contributed by atoms with van der Waals surface area (Å²) in [5.41, 5.74) is 3.90. The molecule has 2 aromatic rings. The Balaban J connectivity index is 0.00000264. The fourth-order valence-electron chi connectivity index (χ4n) is 2.69. The van der Waals surface area contributed by atoms with E-state index < -0.39 is 0 Å². The number of para-hydroxylation sites is 1. The molecule has 4 nitrogen and oxygen atoms in total. The van der Waals surface area contributed by atoms with Crippen molar-refractivity contribution in [3.8, 4) is 0 Å². The van der Waals surface area contributed by atoms with Crippen LogP contribution in [-0.2, 0) is 6.42 Å². The highest BCUT2D eigenvalue weighted by Crippen LogP contribution is 2.21. The molecule has 128 valence electrons. The molecule has 0 amide bonds. The molecule has 0 unspecified atom stereocenters. The van der Waals surface area contributed by atoms with E-state index in [0.29, 0.717) is 0 Å². The van der Waals surface area contributed by atoms with E-state index in [0.717, 1.165) is 25.5 Å². The van der Waals surface area contributed by atoms with Gasteiger partial charge in [0, 0.05) is 37.2 Å². The van der Waals surface area contributed by atoms with Crippen molar-refractivity contribution in [3.05, 3.63) is 35.5 Å². The Morgan fingerprint density at radius 3 is 2.70 bits per heavy atom. The van der Waals surface area contributed by atoms with Crippen molar-refractivity contribution in [2.24, 2.45) is 4.99 Å². The van der Waals surface area contributed by atoms with Crippen LogP contribution in [0.25, 0.3) is 10.9 Å². The third-order valence-corrected chi connectivity index (χ3v) is 3.99. The molecule has 0 saturated carbocycles. The lowest BCUT2D eigenvalue weighted by Gasteiger charge is -2.11. The zero-order valence-electron chi connectivity index (χ0n) is 14.4. The van der Waals surface area contributed by atoms with Gasteiger partial charge in [-0.1, -0.05) is 38.0 Å². The van der Waals surface area contributed by atoms with E-state index in [9.17, 15) is 0 Å². The summed E-state index contributed by atoms with van der Waals surface area (Å²) in [4.78, 5) is 7.65. The number of aliphatic imine (C=N–C) groups is 1. The fourth-order valence-corrected chi connectivity index (χ4v) is 2.69. The number of rotatable bonds is 7. The second-order valence-electron chi connectivity index (χ2n) is 5.69. The molecule has 0 radical (unpaired) electrons. The van der Waals surface area contributed by atoms with Crippen molar-refractivity contribution in [2.75, 3.05) is 20.1 Å². The molecular formula is C18H29IN4. The van der Waals surface area contributed by atoms with Crippen LogP contribution >= 0.6 is 24.0 Å². The minimum absolute atomic E-state index is 0. The summed E-state index contributed by atoms with van der Waals surface area (Å²) in [7, 11) is 1.82. The summed E-state index contributed by atoms with van der Waals surface area (Å²) in [5.74, 6) is 0.895. The molecule has 0 atom stereocenters. The standard InChI is InChI=1S/C18H28N4.HI/c1-4-5-6-11-20-18(19-3)21-12-10-15-13-22-17-14(2)8-7-9-16(15)17;/h7-9,13,22H,4-6,10-12H2,1-3H3,(H2,19,20,21);1H. The number of aryl methyl sites for hydroxylation is 1. The van der Waals surface area contributed by atoms with Gasteiger partial charge in [0.25, 0.3) is 0 Å². The molecule has 1 heterocycles. The number of halogens is 1. The van der Waals surface area contributed by atoms with E-state index in [4.69, 9.17) is 0 Å². The van der Waals surface area contributed by atoms with Crippen LogP contribution < -0.4 is 10.6 Å². The van der Waals surface area contributed by atoms with Gasteiger partial charge in [-0.3, -0.25) is 4.99 Å². The Kier molecular flexibility index (Phi) is 9.06. The summed E-state index contributed by atoms with van der Waals surface area (Å²) < 4.78 is 0. The lowest BCUT2D eigenvalue weighted by molar-refractivity contribution is 0.682. The molecule has 3 N–H and O–H groups in total. The van der Waals surface area contributed by atoms with Crippen molar-refractivity contribution < 1.29 is 0 Å². The summed E-state index contributed by atoms with van der Waals surface area (Å²) in [6, 6.07) is 6.45. The smallest absolute Gasteiger partial charge is 0.190 e. The topological polar surface area (TPSA) is 52.2 Å². The van der Waals surface area contributed by atoms with Gasteiger partial charge in [0.05, 0.1) is 0 Å². The second kappa shape index (κ2) is 10.5. The highest BCUT2D eigenvalue weighted by atomic mass is 127. The number of nitrogens with one attached hydrogen (secondary N) is 3. The number of aromatic nitrogens is 1. The first-order valence-electron chi connectivity index (χ1n) is 8.26. The number of hydrogen-bond donors (Lipinski definition) is 3. The van der Waals surface area contributed by atoms with Crippen LogP contribution in [0.3, 0.4) is 0 Å². The summed E-state index contributed by atoms with van der Waals surface area (Å²) in [6.07, 6.45) is 6.81. The molecule has 5 heteroatoms. The second-order valence-corrected chi connectivity index (χ2v) is 5.69.